The lowest BCUT2D eigenvalue weighted by Crippen LogP contribution is -2.09. The van der Waals surface area contributed by atoms with E-state index in [1.807, 2.05) is 31.2 Å². The third-order valence-corrected chi connectivity index (χ3v) is 4.46. The fourth-order valence-electron chi connectivity index (χ4n) is 2.09. The number of nitrogens with zero attached hydrogens (tertiary/aromatic N) is 2. The Morgan fingerprint density at radius 3 is 2.37 bits per heavy atom. The van der Waals surface area contributed by atoms with E-state index in [-0.39, 0.29) is 17.4 Å². The number of hydrogen-bond acceptors (Lipinski definition) is 5. The van der Waals surface area contributed by atoms with Crippen LogP contribution < -0.4 is 9.46 Å². The van der Waals surface area contributed by atoms with Crippen molar-refractivity contribution in [1.82, 2.24) is 9.97 Å². The highest BCUT2D eigenvalue weighted by atomic mass is 32.2. The third-order valence-electron chi connectivity index (χ3n) is 3.44. The number of para-hydroxylation sites is 1. The van der Waals surface area contributed by atoms with Crippen LogP contribution in [0.2, 0.25) is 0 Å². The standard InChI is InChI=1S/C19H16FN3O3S/c1-14-6-8-15(9-7-14)10-11-27(24,25)23-16-12-21-19(22-13-16)26-18-5-3-2-4-17(18)20/h2-13,23H,1H3/b11-10+. The fourth-order valence-corrected chi connectivity index (χ4v) is 2.93. The Hall–Kier alpha value is -3.26. The number of hydrogen-bond donors (Lipinski definition) is 1. The molecule has 1 heterocycles. The first-order valence-corrected chi connectivity index (χ1v) is 9.48. The van der Waals surface area contributed by atoms with Crippen LogP contribution in [0.15, 0.2) is 66.3 Å². The van der Waals surface area contributed by atoms with E-state index in [2.05, 4.69) is 14.7 Å². The van der Waals surface area contributed by atoms with Crippen LogP contribution in [0.3, 0.4) is 0 Å². The second-order valence-electron chi connectivity index (χ2n) is 5.65. The maximum atomic E-state index is 13.5. The molecule has 8 heteroatoms. The second-order valence-corrected chi connectivity index (χ2v) is 7.21. The van der Waals surface area contributed by atoms with Crippen molar-refractivity contribution in [2.24, 2.45) is 0 Å². The second kappa shape index (κ2) is 7.96. The summed E-state index contributed by atoms with van der Waals surface area (Å²) in [6.07, 6.45) is 3.96. The zero-order chi connectivity index (χ0) is 19.3. The monoisotopic (exact) mass is 385 g/mol. The number of benzene rings is 2. The van der Waals surface area contributed by atoms with Gasteiger partial charge in [-0.15, -0.1) is 0 Å². The number of nitrogens with one attached hydrogen (secondary N) is 1. The lowest BCUT2D eigenvalue weighted by molar-refractivity contribution is 0.411. The summed E-state index contributed by atoms with van der Waals surface area (Å²) >= 11 is 0. The molecule has 6 nitrogen and oxygen atoms in total. The summed E-state index contributed by atoms with van der Waals surface area (Å²) in [6.45, 7) is 1.95. The average Bonchev–Trinajstić information content (AvgIpc) is 2.65. The van der Waals surface area contributed by atoms with Gasteiger partial charge in [0, 0.05) is 0 Å². The molecule has 0 fully saturated rings. The van der Waals surface area contributed by atoms with Crippen LogP contribution in [-0.4, -0.2) is 18.4 Å². The van der Waals surface area contributed by atoms with Gasteiger partial charge in [0.05, 0.1) is 23.5 Å². The summed E-state index contributed by atoms with van der Waals surface area (Å²) in [7, 11) is -3.73. The molecule has 0 spiro atoms. The molecule has 0 saturated heterocycles. The van der Waals surface area contributed by atoms with Gasteiger partial charge in [-0.2, -0.15) is 0 Å². The van der Waals surface area contributed by atoms with E-state index in [0.717, 1.165) is 16.5 Å². The lowest BCUT2D eigenvalue weighted by Gasteiger charge is -2.06. The molecule has 1 aromatic heterocycles. The maximum Gasteiger partial charge on any atom is 0.322 e. The van der Waals surface area contributed by atoms with Gasteiger partial charge >= 0.3 is 6.01 Å². The first-order chi connectivity index (χ1) is 12.9. The number of aromatic nitrogens is 2. The van der Waals surface area contributed by atoms with Gasteiger partial charge in [-0.3, -0.25) is 4.72 Å². The Kier molecular flexibility index (Phi) is 5.46. The Bertz CT molecular complexity index is 1050. The molecule has 0 atom stereocenters. The molecule has 2 aromatic carbocycles. The molecule has 3 rings (SSSR count). The minimum absolute atomic E-state index is 0.0214. The van der Waals surface area contributed by atoms with Gasteiger partial charge in [0.15, 0.2) is 11.6 Å². The molecular formula is C19H16FN3O3S. The van der Waals surface area contributed by atoms with Gasteiger partial charge < -0.3 is 4.74 Å². The van der Waals surface area contributed by atoms with Crippen molar-refractivity contribution in [3.05, 3.63) is 83.3 Å². The largest absolute Gasteiger partial charge is 0.421 e. The zero-order valence-electron chi connectivity index (χ0n) is 14.3. The summed E-state index contributed by atoms with van der Waals surface area (Å²) in [5, 5.41) is 1.06. The number of halogens is 1. The number of sulfonamides is 1. The molecule has 0 bridgehead atoms. The van der Waals surface area contributed by atoms with Crippen LogP contribution in [-0.2, 0) is 10.0 Å². The Morgan fingerprint density at radius 1 is 1.04 bits per heavy atom. The molecule has 138 valence electrons. The van der Waals surface area contributed by atoms with Gasteiger partial charge in [0.2, 0.25) is 0 Å². The van der Waals surface area contributed by atoms with E-state index < -0.39 is 15.8 Å². The van der Waals surface area contributed by atoms with Crippen LogP contribution in [0.5, 0.6) is 11.8 Å². The molecule has 1 N–H and O–H groups in total. The van der Waals surface area contributed by atoms with Crippen LogP contribution in [0, 0.1) is 12.7 Å². The van der Waals surface area contributed by atoms with Gasteiger partial charge in [-0.1, -0.05) is 42.0 Å². The van der Waals surface area contributed by atoms with Crippen molar-refractivity contribution < 1.29 is 17.5 Å². The molecule has 0 amide bonds. The maximum absolute atomic E-state index is 13.5. The van der Waals surface area contributed by atoms with Gasteiger partial charge in [0.1, 0.15) is 0 Å². The summed E-state index contributed by atoms with van der Waals surface area (Å²) in [5.74, 6) is -0.570. The quantitative estimate of drug-likeness (QED) is 0.690. The van der Waals surface area contributed by atoms with Crippen molar-refractivity contribution in [3.63, 3.8) is 0 Å². The van der Waals surface area contributed by atoms with Gasteiger partial charge in [-0.05, 0) is 30.7 Å². The summed E-state index contributed by atoms with van der Waals surface area (Å²) in [4.78, 5) is 7.75. The molecular weight excluding hydrogens is 369 g/mol. The first-order valence-electron chi connectivity index (χ1n) is 7.93. The van der Waals surface area contributed by atoms with Gasteiger partial charge in [-0.25, -0.2) is 22.8 Å². The molecule has 0 aliphatic rings. The van der Waals surface area contributed by atoms with Crippen molar-refractivity contribution in [2.45, 2.75) is 6.92 Å². The first kappa shape index (κ1) is 18.5. The van der Waals surface area contributed by atoms with Crippen LogP contribution >= 0.6 is 0 Å². The highest BCUT2D eigenvalue weighted by molar-refractivity contribution is 7.95. The van der Waals surface area contributed by atoms with Crippen LogP contribution in [0.25, 0.3) is 6.08 Å². The average molecular weight is 385 g/mol. The third kappa shape index (κ3) is 5.35. The van der Waals surface area contributed by atoms with E-state index in [0.29, 0.717) is 0 Å². The van der Waals surface area contributed by atoms with Crippen molar-refractivity contribution in [1.29, 1.82) is 0 Å². The zero-order valence-corrected chi connectivity index (χ0v) is 15.2. The van der Waals surface area contributed by atoms with Crippen LogP contribution in [0.1, 0.15) is 11.1 Å². The number of anilines is 1. The van der Waals surface area contributed by atoms with E-state index in [1.165, 1.54) is 36.7 Å². The van der Waals surface area contributed by atoms with E-state index >= 15 is 0 Å². The predicted molar refractivity (Wildman–Crippen MR) is 101 cm³/mol. The summed E-state index contributed by atoms with van der Waals surface area (Å²) < 4.78 is 45.4. The van der Waals surface area contributed by atoms with E-state index in [1.54, 1.807) is 6.07 Å². The molecule has 0 radical (unpaired) electrons. The number of ether oxygens (including phenoxy) is 1. The Morgan fingerprint density at radius 2 is 1.70 bits per heavy atom. The Labute approximate surface area is 156 Å². The topological polar surface area (TPSA) is 81.2 Å². The lowest BCUT2D eigenvalue weighted by atomic mass is 10.2. The van der Waals surface area contributed by atoms with Crippen molar-refractivity contribution in [3.8, 4) is 11.8 Å². The molecule has 0 unspecified atom stereocenters. The fraction of sp³-hybridized carbons (Fsp3) is 0.0526. The molecule has 27 heavy (non-hydrogen) atoms. The van der Waals surface area contributed by atoms with Crippen LogP contribution in [0.4, 0.5) is 10.1 Å². The molecule has 3 aromatic rings. The summed E-state index contributed by atoms with van der Waals surface area (Å²) in [6, 6.07) is 13.1. The normalized spacial score (nSPS) is 11.5. The van der Waals surface area contributed by atoms with E-state index in [9.17, 15) is 12.8 Å². The molecule has 0 saturated carbocycles. The minimum atomic E-state index is -3.73. The SMILES string of the molecule is Cc1ccc(/C=C/S(=O)(=O)Nc2cnc(Oc3ccccc3F)nc2)cc1. The predicted octanol–water partition coefficient (Wildman–Crippen LogP) is 4.13. The number of aryl methyl sites for hydroxylation is 1. The molecule has 0 aliphatic heterocycles. The highest BCUT2D eigenvalue weighted by Crippen LogP contribution is 2.21. The van der Waals surface area contributed by atoms with Crippen molar-refractivity contribution in [2.75, 3.05) is 4.72 Å². The van der Waals surface area contributed by atoms with Gasteiger partial charge in [0.25, 0.3) is 10.0 Å². The summed E-state index contributed by atoms with van der Waals surface area (Å²) in [5.41, 5.74) is 2.00. The smallest absolute Gasteiger partial charge is 0.322 e. The van der Waals surface area contributed by atoms with E-state index in [4.69, 9.17) is 4.74 Å². The highest BCUT2D eigenvalue weighted by Gasteiger charge is 2.09. The Balaban J connectivity index is 1.66. The number of rotatable bonds is 6. The van der Waals surface area contributed by atoms with Crippen molar-refractivity contribution >= 4 is 21.8 Å². The molecule has 0 aliphatic carbocycles. The minimum Gasteiger partial charge on any atom is -0.421 e.